The van der Waals surface area contributed by atoms with Crippen LogP contribution in [0, 0.1) is 5.92 Å². The van der Waals surface area contributed by atoms with Crippen LogP contribution in [0.2, 0.25) is 0 Å². The first kappa shape index (κ1) is 19.3. The molecule has 1 heteroatoms. The van der Waals surface area contributed by atoms with Crippen LogP contribution < -0.4 is 5.32 Å². The fourth-order valence-corrected chi connectivity index (χ4v) is 1.76. The van der Waals surface area contributed by atoms with Gasteiger partial charge in [-0.05, 0) is 19.0 Å². The predicted octanol–water partition coefficient (Wildman–Crippen LogP) is 5.40. The highest BCUT2D eigenvalue weighted by Crippen LogP contribution is 2.11. The van der Waals surface area contributed by atoms with E-state index in [1.54, 1.807) is 0 Å². The van der Waals surface area contributed by atoms with Crippen LogP contribution >= 0.6 is 0 Å². The molecule has 0 fully saturated rings. The van der Waals surface area contributed by atoms with Crippen LogP contribution in [0.1, 0.15) is 86.0 Å². The van der Waals surface area contributed by atoms with E-state index in [0.29, 0.717) is 0 Å². The molecule has 0 aromatic heterocycles. The second-order valence-electron chi connectivity index (χ2n) is 5.26. The molecule has 0 radical (unpaired) electrons. The van der Waals surface area contributed by atoms with E-state index in [9.17, 15) is 0 Å². The maximum atomic E-state index is 3.11. The monoisotopic (exact) mass is 243 g/mol. The normalized spacial score (nSPS) is 10.2. The number of unbranched alkanes of at least 4 members (excludes halogenated alkanes) is 6. The molecule has 0 bridgehead atoms. The lowest BCUT2D eigenvalue weighted by Crippen LogP contribution is -2.09. The van der Waals surface area contributed by atoms with Gasteiger partial charge in [0.15, 0.2) is 0 Å². The van der Waals surface area contributed by atoms with E-state index in [2.05, 4.69) is 39.9 Å². The smallest absolute Gasteiger partial charge is 0.00775 e. The zero-order valence-electron chi connectivity index (χ0n) is 13.1. The Morgan fingerprint density at radius 3 is 1.53 bits per heavy atom. The van der Waals surface area contributed by atoms with Gasteiger partial charge in [0.1, 0.15) is 0 Å². The highest BCUT2D eigenvalue weighted by molar-refractivity contribution is 4.48. The van der Waals surface area contributed by atoms with Gasteiger partial charge in [0, 0.05) is 0 Å². The van der Waals surface area contributed by atoms with Crippen molar-refractivity contribution in [1.29, 1.82) is 0 Å². The Hall–Kier alpha value is -0.0400. The number of hydrogen-bond acceptors (Lipinski definition) is 1. The van der Waals surface area contributed by atoms with Gasteiger partial charge in [-0.2, -0.15) is 0 Å². The average Bonchev–Trinajstić information content (AvgIpc) is 2.29. The summed E-state index contributed by atoms with van der Waals surface area (Å²) in [7, 11) is 0. The molecule has 0 unspecified atom stereocenters. The zero-order valence-corrected chi connectivity index (χ0v) is 13.1. The SMILES string of the molecule is CCCCCCCCCC(C)C.CCNCC. The molecule has 0 aromatic rings. The van der Waals surface area contributed by atoms with E-state index in [-0.39, 0.29) is 0 Å². The minimum absolute atomic E-state index is 0.903. The molecule has 0 aliphatic rings. The van der Waals surface area contributed by atoms with Crippen LogP contribution in [0.3, 0.4) is 0 Å². The maximum Gasteiger partial charge on any atom is -0.00775 e. The first-order valence-corrected chi connectivity index (χ1v) is 7.89. The standard InChI is InChI=1S/C12H26.C4H11N/c1-4-5-6-7-8-9-10-11-12(2)3;1-3-5-4-2/h12H,4-11H2,1-3H3;5H,3-4H2,1-2H3. The fraction of sp³-hybridized carbons (Fsp3) is 1.00. The molecular weight excluding hydrogens is 206 g/mol. The second kappa shape index (κ2) is 18.3. The summed E-state index contributed by atoms with van der Waals surface area (Å²) in [6.07, 6.45) is 11.5. The van der Waals surface area contributed by atoms with Crippen molar-refractivity contribution in [2.45, 2.75) is 86.0 Å². The van der Waals surface area contributed by atoms with Crippen LogP contribution in [-0.2, 0) is 0 Å². The van der Waals surface area contributed by atoms with Crippen molar-refractivity contribution in [3.05, 3.63) is 0 Å². The molecule has 0 aliphatic heterocycles. The Morgan fingerprint density at radius 2 is 1.18 bits per heavy atom. The van der Waals surface area contributed by atoms with Crippen molar-refractivity contribution in [1.82, 2.24) is 5.32 Å². The van der Waals surface area contributed by atoms with Crippen molar-refractivity contribution >= 4 is 0 Å². The molecule has 0 saturated carbocycles. The molecule has 17 heavy (non-hydrogen) atoms. The summed E-state index contributed by atoms with van der Waals surface area (Å²) in [4.78, 5) is 0. The molecule has 0 saturated heterocycles. The molecule has 0 rings (SSSR count). The van der Waals surface area contributed by atoms with Gasteiger partial charge in [-0.1, -0.05) is 86.0 Å². The summed E-state index contributed by atoms with van der Waals surface area (Å²) in [5.41, 5.74) is 0. The van der Waals surface area contributed by atoms with E-state index in [0.717, 1.165) is 19.0 Å². The Kier molecular flexibility index (Phi) is 20.8. The van der Waals surface area contributed by atoms with Crippen molar-refractivity contribution in [2.75, 3.05) is 13.1 Å². The Balaban J connectivity index is 0. The van der Waals surface area contributed by atoms with E-state index < -0.39 is 0 Å². The highest BCUT2D eigenvalue weighted by atomic mass is 14.8. The average molecular weight is 243 g/mol. The molecule has 0 amide bonds. The molecule has 0 heterocycles. The van der Waals surface area contributed by atoms with Gasteiger partial charge in [-0.3, -0.25) is 0 Å². The van der Waals surface area contributed by atoms with Crippen LogP contribution in [0.15, 0.2) is 0 Å². The van der Waals surface area contributed by atoms with Crippen LogP contribution in [-0.4, -0.2) is 13.1 Å². The molecule has 0 spiro atoms. The van der Waals surface area contributed by atoms with Gasteiger partial charge in [0.05, 0.1) is 0 Å². The maximum absolute atomic E-state index is 3.11. The third-order valence-electron chi connectivity index (χ3n) is 2.89. The Morgan fingerprint density at radius 1 is 0.706 bits per heavy atom. The topological polar surface area (TPSA) is 12.0 Å². The summed E-state index contributed by atoms with van der Waals surface area (Å²) < 4.78 is 0. The molecule has 0 atom stereocenters. The second-order valence-corrected chi connectivity index (χ2v) is 5.26. The number of rotatable bonds is 10. The summed E-state index contributed by atoms with van der Waals surface area (Å²) in [6.45, 7) is 13.3. The van der Waals surface area contributed by atoms with Gasteiger partial charge in [0.25, 0.3) is 0 Å². The van der Waals surface area contributed by atoms with Crippen LogP contribution in [0.4, 0.5) is 0 Å². The van der Waals surface area contributed by atoms with Crippen molar-refractivity contribution in [3.8, 4) is 0 Å². The Labute approximate surface area is 111 Å². The van der Waals surface area contributed by atoms with Gasteiger partial charge in [-0.25, -0.2) is 0 Å². The third-order valence-corrected chi connectivity index (χ3v) is 2.89. The van der Waals surface area contributed by atoms with Gasteiger partial charge in [0.2, 0.25) is 0 Å². The molecule has 0 aliphatic carbocycles. The first-order chi connectivity index (χ1) is 8.18. The number of hydrogen-bond donors (Lipinski definition) is 1. The summed E-state index contributed by atoms with van der Waals surface area (Å²) in [6, 6.07) is 0. The van der Waals surface area contributed by atoms with Crippen molar-refractivity contribution in [2.24, 2.45) is 5.92 Å². The Bertz CT molecular complexity index is 108. The van der Waals surface area contributed by atoms with Crippen molar-refractivity contribution < 1.29 is 0 Å². The van der Waals surface area contributed by atoms with E-state index in [4.69, 9.17) is 0 Å². The van der Waals surface area contributed by atoms with Crippen molar-refractivity contribution in [3.63, 3.8) is 0 Å². The highest BCUT2D eigenvalue weighted by Gasteiger charge is 1.93. The van der Waals surface area contributed by atoms with Crippen LogP contribution in [0.5, 0.6) is 0 Å². The minimum Gasteiger partial charge on any atom is -0.317 e. The first-order valence-electron chi connectivity index (χ1n) is 7.89. The summed E-state index contributed by atoms with van der Waals surface area (Å²) >= 11 is 0. The molecule has 0 aromatic carbocycles. The quantitative estimate of drug-likeness (QED) is 0.507. The zero-order chi connectivity index (χ0) is 13.4. The summed E-state index contributed by atoms with van der Waals surface area (Å²) in [5.74, 6) is 0.903. The van der Waals surface area contributed by atoms with E-state index >= 15 is 0 Å². The summed E-state index contributed by atoms with van der Waals surface area (Å²) in [5, 5.41) is 3.11. The molecule has 106 valence electrons. The molecular formula is C16H37N. The minimum atomic E-state index is 0.903. The molecule has 1 N–H and O–H groups in total. The number of nitrogens with one attached hydrogen (secondary N) is 1. The van der Waals surface area contributed by atoms with Gasteiger partial charge >= 0.3 is 0 Å². The van der Waals surface area contributed by atoms with Gasteiger partial charge in [-0.15, -0.1) is 0 Å². The van der Waals surface area contributed by atoms with Gasteiger partial charge < -0.3 is 5.32 Å². The largest absolute Gasteiger partial charge is 0.317 e. The van der Waals surface area contributed by atoms with E-state index in [1.807, 2.05) is 0 Å². The lowest BCUT2D eigenvalue weighted by Gasteiger charge is -2.03. The van der Waals surface area contributed by atoms with Crippen LogP contribution in [0.25, 0.3) is 0 Å². The predicted molar refractivity (Wildman–Crippen MR) is 81.7 cm³/mol. The fourth-order valence-electron chi connectivity index (χ4n) is 1.76. The van der Waals surface area contributed by atoms with E-state index in [1.165, 1.54) is 51.4 Å². The molecule has 1 nitrogen and oxygen atoms in total. The third kappa shape index (κ3) is 25.9. The lowest BCUT2D eigenvalue weighted by molar-refractivity contribution is 0.511. The lowest BCUT2D eigenvalue weighted by atomic mass is 10.0.